The van der Waals surface area contributed by atoms with Crippen molar-refractivity contribution in [2.75, 3.05) is 13.1 Å². The molecule has 0 aromatic heterocycles. The van der Waals surface area contributed by atoms with Crippen molar-refractivity contribution in [1.82, 2.24) is 4.90 Å². The second-order valence-corrected chi connectivity index (χ2v) is 4.20. The topological polar surface area (TPSA) is 3.24 Å². The number of rotatable bonds is 8. The van der Waals surface area contributed by atoms with Crippen molar-refractivity contribution >= 4 is 17.2 Å². The molecule has 0 unspecified atom stereocenters. The van der Waals surface area contributed by atoms with Gasteiger partial charge in [-0.3, -0.25) is 0 Å². The fourth-order valence-corrected chi connectivity index (χ4v) is 2.02. The highest BCUT2D eigenvalue weighted by atomic mass is 32.1. The maximum Gasteiger partial charge on any atom is 0.0779 e. The minimum absolute atomic E-state index is 1.06. The van der Waals surface area contributed by atoms with E-state index in [1.807, 2.05) is 0 Å². The minimum Gasteiger partial charge on any atom is -0.367 e. The van der Waals surface area contributed by atoms with E-state index in [1.165, 1.54) is 32.1 Å². The Bertz CT molecular complexity index is 141. The van der Waals surface area contributed by atoms with Gasteiger partial charge in [-0.05, 0) is 26.7 Å². The lowest BCUT2D eigenvalue weighted by Gasteiger charge is -2.21. The van der Waals surface area contributed by atoms with Crippen molar-refractivity contribution in [3.05, 3.63) is 0 Å². The lowest BCUT2D eigenvalue weighted by Crippen LogP contribution is -2.28. The molecule has 0 N–H and O–H groups in total. The summed E-state index contributed by atoms with van der Waals surface area (Å²) in [5, 5.41) is 0. The fourth-order valence-electron chi connectivity index (χ4n) is 1.61. The molecule has 0 aliphatic carbocycles. The van der Waals surface area contributed by atoms with Gasteiger partial charge in [-0.15, -0.1) is 0 Å². The molecule has 0 fully saturated rings. The lowest BCUT2D eigenvalue weighted by molar-refractivity contribution is 0.460. The van der Waals surface area contributed by atoms with Crippen molar-refractivity contribution in [1.29, 1.82) is 0 Å². The molecular formula is C12H25NS. The molecule has 2 heteroatoms. The van der Waals surface area contributed by atoms with Crippen LogP contribution in [0.2, 0.25) is 0 Å². The van der Waals surface area contributed by atoms with Gasteiger partial charge in [0, 0.05) is 13.1 Å². The average Bonchev–Trinajstić information content (AvgIpc) is 2.19. The zero-order valence-corrected chi connectivity index (χ0v) is 10.8. The third-order valence-electron chi connectivity index (χ3n) is 2.61. The Balaban J connectivity index is 3.43. The average molecular weight is 215 g/mol. The number of unbranched alkanes of at least 4 members (excludes halogenated alkanes) is 4. The zero-order valence-electron chi connectivity index (χ0n) is 10.0. The van der Waals surface area contributed by atoms with E-state index >= 15 is 0 Å². The van der Waals surface area contributed by atoms with Crippen LogP contribution in [-0.4, -0.2) is 23.0 Å². The number of hydrogen-bond acceptors (Lipinski definition) is 1. The molecule has 0 saturated heterocycles. The van der Waals surface area contributed by atoms with Crippen LogP contribution in [0.3, 0.4) is 0 Å². The maximum atomic E-state index is 5.38. The fraction of sp³-hybridized carbons (Fsp3) is 0.917. The molecule has 0 aromatic carbocycles. The minimum atomic E-state index is 1.06. The van der Waals surface area contributed by atoms with Crippen LogP contribution in [0.15, 0.2) is 0 Å². The first kappa shape index (κ1) is 13.9. The summed E-state index contributed by atoms with van der Waals surface area (Å²) in [5.41, 5.74) is 0. The molecule has 0 aliphatic heterocycles. The van der Waals surface area contributed by atoms with Crippen molar-refractivity contribution in [3.63, 3.8) is 0 Å². The highest BCUT2D eigenvalue weighted by Gasteiger charge is 2.03. The van der Waals surface area contributed by atoms with E-state index in [-0.39, 0.29) is 0 Å². The van der Waals surface area contributed by atoms with Gasteiger partial charge in [0.05, 0.1) is 4.99 Å². The molecule has 0 aromatic rings. The molecule has 0 aliphatic rings. The monoisotopic (exact) mass is 215 g/mol. The van der Waals surface area contributed by atoms with Gasteiger partial charge < -0.3 is 4.90 Å². The van der Waals surface area contributed by atoms with Crippen LogP contribution < -0.4 is 0 Å². The summed E-state index contributed by atoms with van der Waals surface area (Å²) in [6.45, 7) is 8.72. The summed E-state index contributed by atoms with van der Waals surface area (Å²) >= 11 is 5.38. The van der Waals surface area contributed by atoms with Crippen LogP contribution >= 0.6 is 12.2 Å². The standard InChI is InChI=1S/C12H25NS/c1-4-7-8-9-10-11-12(14)13(5-2)6-3/h4-11H2,1-3H3. The largest absolute Gasteiger partial charge is 0.367 e. The summed E-state index contributed by atoms with van der Waals surface area (Å²) in [4.78, 5) is 3.45. The Labute approximate surface area is 94.9 Å². The normalized spacial score (nSPS) is 10.2. The van der Waals surface area contributed by atoms with Gasteiger partial charge in [-0.1, -0.05) is 44.8 Å². The Hall–Kier alpha value is -0.110. The smallest absolute Gasteiger partial charge is 0.0779 e. The van der Waals surface area contributed by atoms with E-state index in [1.54, 1.807) is 0 Å². The third kappa shape index (κ3) is 6.36. The van der Waals surface area contributed by atoms with Crippen molar-refractivity contribution in [2.24, 2.45) is 0 Å². The first-order valence-electron chi connectivity index (χ1n) is 6.04. The Morgan fingerprint density at radius 2 is 1.50 bits per heavy atom. The molecule has 0 spiro atoms. The Morgan fingerprint density at radius 3 is 2.00 bits per heavy atom. The third-order valence-corrected chi connectivity index (χ3v) is 3.07. The first-order valence-corrected chi connectivity index (χ1v) is 6.44. The predicted octanol–water partition coefficient (Wildman–Crippen LogP) is 4.02. The van der Waals surface area contributed by atoms with Gasteiger partial charge in [0.2, 0.25) is 0 Å². The van der Waals surface area contributed by atoms with E-state index in [2.05, 4.69) is 25.7 Å². The molecule has 0 amide bonds. The SMILES string of the molecule is CCCCCCCC(=S)N(CC)CC. The molecule has 1 nitrogen and oxygen atoms in total. The molecular weight excluding hydrogens is 190 g/mol. The van der Waals surface area contributed by atoms with Gasteiger partial charge in [0.1, 0.15) is 0 Å². The molecule has 84 valence electrons. The second-order valence-electron chi connectivity index (χ2n) is 3.73. The maximum absolute atomic E-state index is 5.38. The quantitative estimate of drug-likeness (QED) is 0.444. The van der Waals surface area contributed by atoms with Gasteiger partial charge in [0.25, 0.3) is 0 Å². The first-order chi connectivity index (χ1) is 6.76. The molecule has 0 radical (unpaired) electrons. The highest BCUT2D eigenvalue weighted by molar-refractivity contribution is 7.80. The zero-order chi connectivity index (χ0) is 10.8. The molecule has 0 rings (SSSR count). The summed E-state index contributed by atoms with van der Waals surface area (Å²) in [6.07, 6.45) is 7.79. The van der Waals surface area contributed by atoms with E-state index in [0.717, 1.165) is 24.5 Å². The van der Waals surface area contributed by atoms with E-state index < -0.39 is 0 Å². The van der Waals surface area contributed by atoms with E-state index in [4.69, 9.17) is 12.2 Å². The second kappa shape index (κ2) is 9.45. The van der Waals surface area contributed by atoms with Crippen LogP contribution in [-0.2, 0) is 0 Å². The molecule has 0 heterocycles. The van der Waals surface area contributed by atoms with Crippen LogP contribution in [0, 0.1) is 0 Å². The Morgan fingerprint density at radius 1 is 0.929 bits per heavy atom. The summed E-state index contributed by atoms with van der Waals surface area (Å²) in [6, 6.07) is 0. The van der Waals surface area contributed by atoms with E-state index in [9.17, 15) is 0 Å². The number of thiocarbonyl (C=S) groups is 1. The van der Waals surface area contributed by atoms with Crippen molar-refractivity contribution in [3.8, 4) is 0 Å². The molecule has 0 atom stereocenters. The van der Waals surface area contributed by atoms with Crippen molar-refractivity contribution in [2.45, 2.75) is 59.3 Å². The predicted molar refractivity (Wildman–Crippen MR) is 68.9 cm³/mol. The lowest BCUT2D eigenvalue weighted by atomic mass is 10.1. The van der Waals surface area contributed by atoms with Crippen LogP contribution in [0.25, 0.3) is 0 Å². The molecule has 0 saturated carbocycles. The number of hydrogen-bond donors (Lipinski definition) is 0. The van der Waals surface area contributed by atoms with Crippen LogP contribution in [0.4, 0.5) is 0 Å². The van der Waals surface area contributed by atoms with E-state index in [0.29, 0.717) is 0 Å². The summed E-state index contributed by atoms with van der Waals surface area (Å²) in [7, 11) is 0. The highest BCUT2D eigenvalue weighted by Crippen LogP contribution is 2.07. The Kier molecular flexibility index (Phi) is 9.37. The van der Waals surface area contributed by atoms with Gasteiger partial charge in [0.15, 0.2) is 0 Å². The summed E-state index contributed by atoms with van der Waals surface area (Å²) in [5.74, 6) is 0. The number of nitrogens with zero attached hydrogens (tertiary/aromatic N) is 1. The summed E-state index contributed by atoms with van der Waals surface area (Å²) < 4.78 is 0. The van der Waals surface area contributed by atoms with Gasteiger partial charge >= 0.3 is 0 Å². The van der Waals surface area contributed by atoms with Gasteiger partial charge in [-0.2, -0.15) is 0 Å². The van der Waals surface area contributed by atoms with Gasteiger partial charge in [-0.25, -0.2) is 0 Å². The molecule has 14 heavy (non-hydrogen) atoms. The van der Waals surface area contributed by atoms with Crippen molar-refractivity contribution < 1.29 is 0 Å². The molecule has 0 bridgehead atoms. The van der Waals surface area contributed by atoms with Crippen LogP contribution in [0.5, 0.6) is 0 Å². The van der Waals surface area contributed by atoms with Crippen LogP contribution in [0.1, 0.15) is 59.3 Å².